The fourth-order valence-electron chi connectivity index (χ4n) is 3.33. The summed E-state index contributed by atoms with van der Waals surface area (Å²) in [6.45, 7) is 2.79. The molecule has 2 aromatic carbocycles. The number of aromatic nitrogens is 1. The number of benzene rings is 2. The van der Waals surface area contributed by atoms with E-state index >= 15 is 0 Å². The lowest BCUT2D eigenvalue weighted by Gasteiger charge is -2.26. The molecule has 0 saturated heterocycles. The fourth-order valence-corrected chi connectivity index (χ4v) is 4.88. The minimum Gasteiger partial charge on any atom is -0.361 e. The molecule has 3 aromatic rings. The van der Waals surface area contributed by atoms with Gasteiger partial charge in [-0.05, 0) is 49.2 Å². The maximum Gasteiger partial charge on any atom is 0.243 e. The molecule has 134 valence electrons. The first-order valence-electron chi connectivity index (χ1n) is 8.48. The second-order valence-electron chi connectivity index (χ2n) is 6.55. The van der Waals surface area contributed by atoms with Crippen molar-refractivity contribution in [2.75, 3.05) is 13.1 Å². The zero-order valence-corrected chi connectivity index (χ0v) is 15.9. The quantitative estimate of drug-likeness (QED) is 0.714. The van der Waals surface area contributed by atoms with Crippen LogP contribution in [0.2, 0.25) is 5.02 Å². The number of sulfonamides is 1. The Balaban J connectivity index is 1.61. The molecule has 0 unspecified atom stereocenters. The van der Waals surface area contributed by atoms with E-state index in [-0.39, 0.29) is 0 Å². The maximum atomic E-state index is 12.8. The van der Waals surface area contributed by atoms with Crippen molar-refractivity contribution in [1.29, 1.82) is 0 Å². The average molecular weight is 387 g/mol. The number of aryl methyl sites for hydroxylation is 1. The van der Waals surface area contributed by atoms with Gasteiger partial charge in [0.25, 0.3) is 0 Å². The number of nitrogens with one attached hydrogen (secondary N) is 1. The van der Waals surface area contributed by atoms with Gasteiger partial charge < -0.3 is 4.98 Å². The maximum absolute atomic E-state index is 12.8. The standard InChI is InChI=1S/C20H19ClN2O2S/c1-14-2-5-17(6-3-14)26(24,25)23-10-8-15(9-11-23)19-13-22-20-7-4-16(21)12-18(19)20/h2-8,12-13,22H,9-11H2,1H3. The molecule has 1 N–H and O–H groups in total. The molecule has 0 atom stereocenters. The molecule has 0 aliphatic carbocycles. The Morgan fingerprint density at radius 3 is 2.58 bits per heavy atom. The lowest BCUT2D eigenvalue weighted by Crippen LogP contribution is -2.34. The van der Waals surface area contributed by atoms with Crippen molar-refractivity contribution in [2.24, 2.45) is 0 Å². The fraction of sp³-hybridized carbons (Fsp3) is 0.200. The minimum absolute atomic E-state index is 0.346. The number of halogens is 1. The number of hydrogen-bond acceptors (Lipinski definition) is 2. The third-order valence-corrected chi connectivity index (χ3v) is 6.93. The van der Waals surface area contributed by atoms with E-state index in [2.05, 4.69) is 4.98 Å². The summed E-state index contributed by atoms with van der Waals surface area (Å²) in [5.41, 5.74) is 4.31. The molecule has 6 heteroatoms. The Bertz CT molecular complexity index is 1100. The zero-order valence-electron chi connectivity index (χ0n) is 14.4. The molecule has 0 radical (unpaired) electrons. The van der Waals surface area contributed by atoms with Crippen LogP contribution in [0.15, 0.2) is 59.6 Å². The van der Waals surface area contributed by atoms with Gasteiger partial charge in [-0.2, -0.15) is 4.31 Å². The minimum atomic E-state index is -3.46. The molecule has 4 nitrogen and oxygen atoms in total. The molecule has 26 heavy (non-hydrogen) atoms. The lowest BCUT2D eigenvalue weighted by molar-refractivity contribution is 0.441. The molecular weight excluding hydrogens is 368 g/mol. The topological polar surface area (TPSA) is 53.2 Å². The van der Waals surface area contributed by atoms with E-state index in [0.29, 0.717) is 29.4 Å². The van der Waals surface area contributed by atoms with E-state index in [1.807, 2.05) is 49.5 Å². The van der Waals surface area contributed by atoms with E-state index in [1.54, 1.807) is 12.1 Å². The Hall–Kier alpha value is -2.08. The van der Waals surface area contributed by atoms with Gasteiger partial charge in [-0.1, -0.05) is 35.4 Å². The molecule has 0 amide bonds. The van der Waals surface area contributed by atoms with Gasteiger partial charge >= 0.3 is 0 Å². The van der Waals surface area contributed by atoms with E-state index in [1.165, 1.54) is 4.31 Å². The van der Waals surface area contributed by atoms with Crippen LogP contribution in [0, 0.1) is 6.92 Å². The Morgan fingerprint density at radius 1 is 1.12 bits per heavy atom. The summed E-state index contributed by atoms with van der Waals surface area (Å²) >= 11 is 6.13. The summed E-state index contributed by atoms with van der Waals surface area (Å²) in [5.74, 6) is 0. The van der Waals surface area contributed by atoms with Crippen molar-refractivity contribution < 1.29 is 8.42 Å². The van der Waals surface area contributed by atoms with Gasteiger partial charge in [0.1, 0.15) is 0 Å². The zero-order chi connectivity index (χ0) is 18.3. The predicted molar refractivity (Wildman–Crippen MR) is 106 cm³/mol. The highest BCUT2D eigenvalue weighted by Crippen LogP contribution is 2.32. The number of H-pyrrole nitrogens is 1. The molecule has 0 spiro atoms. The van der Waals surface area contributed by atoms with Crippen molar-refractivity contribution in [1.82, 2.24) is 9.29 Å². The van der Waals surface area contributed by atoms with Gasteiger partial charge in [0.05, 0.1) is 4.90 Å². The summed E-state index contributed by atoms with van der Waals surface area (Å²) in [7, 11) is -3.46. The van der Waals surface area contributed by atoms with Gasteiger partial charge in [0.2, 0.25) is 10.0 Å². The summed E-state index contributed by atoms with van der Waals surface area (Å²) in [4.78, 5) is 3.60. The van der Waals surface area contributed by atoms with Crippen LogP contribution in [0.1, 0.15) is 17.5 Å². The van der Waals surface area contributed by atoms with Crippen LogP contribution in [-0.4, -0.2) is 30.8 Å². The van der Waals surface area contributed by atoms with Crippen LogP contribution in [0.5, 0.6) is 0 Å². The van der Waals surface area contributed by atoms with Gasteiger partial charge in [-0.3, -0.25) is 0 Å². The van der Waals surface area contributed by atoms with Crippen LogP contribution in [0.25, 0.3) is 16.5 Å². The highest BCUT2D eigenvalue weighted by Gasteiger charge is 2.26. The van der Waals surface area contributed by atoms with E-state index < -0.39 is 10.0 Å². The smallest absolute Gasteiger partial charge is 0.243 e. The average Bonchev–Trinajstić information content (AvgIpc) is 3.05. The molecule has 2 heterocycles. The SMILES string of the molecule is Cc1ccc(S(=O)(=O)N2CC=C(c3c[nH]c4ccc(Cl)cc34)CC2)cc1. The largest absolute Gasteiger partial charge is 0.361 e. The van der Waals surface area contributed by atoms with Gasteiger partial charge in [-0.25, -0.2) is 8.42 Å². The lowest BCUT2D eigenvalue weighted by atomic mass is 10.00. The first-order chi connectivity index (χ1) is 12.4. The third-order valence-electron chi connectivity index (χ3n) is 4.82. The number of rotatable bonds is 3. The predicted octanol–water partition coefficient (Wildman–Crippen LogP) is 4.61. The monoisotopic (exact) mass is 386 g/mol. The van der Waals surface area contributed by atoms with Crippen LogP contribution >= 0.6 is 11.6 Å². The molecule has 1 aliphatic rings. The van der Waals surface area contributed by atoms with Crippen molar-refractivity contribution in [3.05, 3.63) is 70.9 Å². The van der Waals surface area contributed by atoms with Crippen LogP contribution in [0.3, 0.4) is 0 Å². The number of fused-ring (bicyclic) bond motifs is 1. The molecule has 1 aliphatic heterocycles. The second-order valence-corrected chi connectivity index (χ2v) is 8.92. The Labute approximate surface area is 158 Å². The van der Waals surface area contributed by atoms with E-state index in [0.717, 1.165) is 27.6 Å². The normalized spacial score (nSPS) is 16.0. The van der Waals surface area contributed by atoms with Crippen molar-refractivity contribution >= 4 is 38.1 Å². The molecule has 0 fully saturated rings. The Kier molecular flexibility index (Phi) is 4.39. The summed E-state index contributed by atoms with van der Waals surface area (Å²) in [6.07, 6.45) is 4.64. The summed E-state index contributed by atoms with van der Waals surface area (Å²) < 4.78 is 27.2. The van der Waals surface area contributed by atoms with Gasteiger partial charge in [-0.15, -0.1) is 0 Å². The first-order valence-corrected chi connectivity index (χ1v) is 10.3. The molecule has 0 saturated carbocycles. The molecule has 0 bridgehead atoms. The highest BCUT2D eigenvalue weighted by atomic mass is 35.5. The molecular formula is C20H19ClN2O2S. The van der Waals surface area contributed by atoms with E-state index in [4.69, 9.17) is 11.6 Å². The summed E-state index contributed by atoms with van der Waals surface area (Å²) in [6, 6.07) is 12.8. The van der Waals surface area contributed by atoms with Crippen molar-refractivity contribution in [3.8, 4) is 0 Å². The van der Waals surface area contributed by atoms with E-state index in [9.17, 15) is 8.42 Å². The highest BCUT2D eigenvalue weighted by molar-refractivity contribution is 7.89. The van der Waals surface area contributed by atoms with Gasteiger partial charge in [0.15, 0.2) is 0 Å². The third kappa shape index (κ3) is 3.07. The number of hydrogen-bond donors (Lipinski definition) is 1. The van der Waals surface area contributed by atoms with Crippen LogP contribution in [0.4, 0.5) is 0 Å². The van der Waals surface area contributed by atoms with Crippen molar-refractivity contribution in [3.63, 3.8) is 0 Å². The molecule has 4 rings (SSSR count). The first kappa shape index (κ1) is 17.3. The number of nitrogens with zero attached hydrogens (tertiary/aromatic N) is 1. The molecule has 1 aromatic heterocycles. The van der Waals surface area contributed by atoms with Crippen LogP contribution in [-0.2, 0) is 10.0 Å². The second kappa shape index (κ2) is 6.58. The number of aromatic amines is 1. The Morgan fingerprint density at radius 2 is 1.88 bits per heavy atom. The summed E-state index contributed by atoms with van der Waals surface area (Å²) in [5, 5.41) is 1.76. The van der Waals surface area contributed by atoms with Crippen molar-refractivity contribution in [2.45, 2.75) is 18.2 Å². The van der Waals surface area contributed by atoms with Crippen LogP contribution < -0.4 is 0 Å². The van der Waals surface area contributed by atoms with Gasteiger partial charge in [0, 0.05) is 40.8 Å².